The minimum Gasteiger partial charge on any atom is -0.508 e. The van der Waals surface area contributed by atoms with E-state index in [1.165, 1.54) is 31.2 Å². The van der Waals surface area contributed by atoms with Crippen LogP contribution < -0.4 is 5.32 Å². The summed E-state index contributed by atoms with van der Waals surface area (Å²) in [6.45, 7) is 5.54. The number of hydrogen-bond acceptors (Lipinski definition) is 2. The van der Waals surface area contributed by atoms with Gasteiger partial charge in [-0.05, 0) is 55.3 Å². The highest BCUT2D eigenvalue weighted by Crippen LogP contribution is 2.35. The number of benzene rings is 1. The fourth-order valence-corrected chi connectivity index (χ4v) is 3.40. The number of phenols is 1. The molecule has 0 spiro atoms. The molecule has 2 nitrogen and oxygen atoms in total. The second kappa shape index (κ2) is 6.95. The summed E-state index contributed by atoms with van der Waals surface area (Å²) in [6.07, 6.45) is 6.56. The van der Waals surface area contributed by atoms with Gasteiger partial charge in [-0.3, -0.25) is 0 Å². The lowest BCUT2D eigenvalue weighted by atomic mass is 9.91. The first-order valence-electron chi connectivity index (χ1n) is 7.74. The van der Waals surface area contributed by atoms with Gasteiger partial charge in [0.2, 0.25) is 0 Å². The van der Waals surface area contributed by atoms with Crippen molar-refractivity contribution in [1.82, 2.24) is 5.32 Å². The normalized spacial score (nSPS) is 24.5. The van der Waals surface area contributed by atoms with Crippen molar-refractivity contribution in [3.63, 3.8) is 0 Å². The van der Waals surface area contributed by atoms with Gasteiger partial charge in [-0.1, -0.05) is 38.8 Å². The van der Waals surface area contributed by atoms with Gasteiger partial charge in [0.05, 0.1) is 0 Å². The van der Waals surface area contributed by atoms with Gasteiger partial charge in [0.1, 0.15) is 5.75 Å². The molecule has 2 rings (SSSR count). The molecule has 2 N–H and O–H groups in total. The molecule has 0 radical (unpaired) electrons. The molecule has 3 atom stereocenters. The molecule has 0 amide bonds. The van der Waals surface area contributed by atoms with Crippen molar-refractivity contribution in [2.75, 3.05) is 6.54 Å². The van der Waals surface area contributed by atoms with Gasteiger partial charge in [0.25, 0.3) is 0 Å². The maximum Gasteiger partial charge on any atom is 0.115 e. The van der Waals surface area contributed by atoms with Gasteiger partial charge in [0, 0.05) is 6.04 Å². The van der Waals surface area contributed by atoms with Crippen LogP contribution in [0.25, 0.3) is 0 Å². The van der Waals surface area contributed by atoms with Gasteiger partial charge in [-0.25, -0.2) is 0 Å². The molecule has 1 aliphatic rings. The molecule has 19 heavy (non-hydrogen) atoms. The summed E-state index contributed by atoms with van der Waals surface area (Å²) in [5, 5.41) is 13.0. The first-order valence-corrected chi connectivity index (χ1v) is 7.74. The Bertz CT molecular complexity index is 373. The lowest BCUT2D eigenvalue weighted by molar-refractivity contribution is 0.349. The molecule has 0 bridgehead atoms. The zero-order chi connectivity index (χ0) is 13.7. The summed E-state index contributed by atoms with van der Waals surface area (Å²) < 4.78 is 0. The van der Waals surface area contributed by atoms with Crippen LogP contribution >= 0.6 is 0 Å². The highest BCUT2D eigenvalue weighted by atomic mass is 16.3. The van der Waals surface area contributed by atoms with E-state index in [9.17, 15) is 5.11 Å². The topological polar surface area (TPSA) is 32.3 Å². The summed E-state index contributed by atoms with van der Waals surface area (Å²) in [5.41, 5.74) is 1.32. The third-order valence-electron chi connectivity index (χ3n) is 4.59. The van der Waals surface area contributed by atoms with E-state index >= 15 is 0 Å². The fourth-order valence-electron chi connectivity index (χ4n) is 3.40. The number of likely N-dealkylation sites (N-methyl/N-ethyl adjacent to an activating group) is 1. The zero-order valence-electron chi connectivity index (χ0n) is 12.2. The predicted octanol–water partition coefficient (Wildman–Crippen LogP) is 3.74. The molecule has 0 heterocycles. The van der Waals surface area contributed by atoms with Crippen LogP contribution in [0.4, 0.5) is 0 Å². The standard InChI is InChI=1S/C17H27NO/c1-3-13-5-8-15(11-13)17(18-4-2)12-14-6-9-16(19)10-7-14/h6-7,9-10,13,15,17-19H,3-5,8,11-12H2,1-2H3. The van der Waals surface area contributed by atoms with E-state index in [1.807, 2.05) is 12.1 Å². The molecule has 0 aliphatic heterocycles. The van der Waals surface area contributed by atoms with Crippen LogP contribution in [0.1, 0.15) is 45.1 Å². The van der Waals surface area contributed by atoms with E-state index in [4.69, 9.17) is 0 Å². The molecule has 1 aromatic rings. The molecule has 0 aromatic heterocycles. The van der Waals surface area contributed by atoms with Crippen molar-refractivity contribution in [3.05, 3.63) is 29.8 Å². The summed E-state index contributed by atoms with van der Waals surface area (Å²) in [7, 11) is 0. The maximum atomic E-state index is 9.36. The summed E-state index contributed by atoms with van der Waals surface area (Å²) in [4.78, 5) is 0. The molecule has 0 saturated heterocycles. The molecule has 1 fully saturated rings. The first kappa shape index (κ1) is 14.4. The SMILES string of the molecule is CCNC(Cc1ccc(O)cc1)C1CCC(CC)C1. The van der Waals surface area contributed by atoms with Crippen LogP contribution in [-0.2, 0) is 6.42 Å². The minimum absolute atomic E-state index is 0.357. The monoisotopic (exact) mass is 261 g/mol. The van der Waals surface area contributed by atoms with Crippen molar-refractivity contribution in [3.8, 4) is 5.75 Å². The Labute approximate surface area is 117 Å². The number of hydrogen-bond donors (Lipinski definition) is 2. The van der Waals surface area contributed by atoms with Gasteiger partial charge >= 0.3 is 0 Å². The van der Waals surface area contributed by atoms with Crippen LogP contribution in [-0.4, -0.2) is 17.7 Å². The van der Waals surface area contributed by atoms with E-state index in [0.29, 0.717) is 11.8 Å². The van der Waals surface area contributed by atoms with Crippen LogP contribution in [0.5, 0.6) is 5.75 Å². The number of rotatable bonds is 6. The third-order valence-corrected chi connectivity index (χ3v) is 4.59. The Morgan fingerprint density at radius 1 is 1.21 bits per heavy atom. The van der Waals surface area contributed by atoms with E-state index in [2.05, 4.69) is 19.2 Å². The largest absolute Gasteiger partial charge is 0.508 e. The molecule has 1 saturated carbocycles. The molecule has 1 aliphatic carbocycles. The summed E-state index contributed by atoms with van der Waals surface area (Å²) in [6, 6.07) is 8.27. The minimum atomic E-state index is 0.357. The lowest BCUT2D eigenvalue weighted by Crippen LogP contribution is -2.37. The van der Waals surface area contributed by atoms with E-state index in [-0.39, 0.29) is 0 Å². The number of phenolic OH excluding ortho intramolecular Hbond substituents is 1. The van der Waals surface area contributed by atoms with E-state index in [1.54, 1.807) is 12.1 Å². The van der Waals surface area contributed by atoms with Gasteiger partial charge in [-0.15, -0.1) is 0 Å². The average Bonchev–Trinajstić information content (AvgIpc) is 2.89. The van der Waals surface area contributed by atoms with Crippen LogP contribution in [0, 0.1) is 11.8 Å². The van der Waals surface area contributed by atoms with Crippen LogP contribution in [0.15, 0.2) is 24.3 Å². The summed E-state index contributed by atoms with van der Waals surface area (Å²) >= 11 is 0. The Kier molecular flexibility index (Phi) is 5.26. The number of nitrogens with one attached hydrogen (secondary N) is 1. The van der Waals surface area contributed by atoms with Crippen molar-refractivity contribution in [1.29, 1.82) is 0 Å². The summed E-state index contributed by atoms with van der Waals surface area (Å²) in [5.74, 6) is 2.11. The zero-order valence-corrected chi connectivity index (χ0v) is 12.2. The highest BCUT2D eigenvalue weighted by molar-refractivity contribution is 5.26. The van der Waals surface area contributed by atoms with Gasteiger partial charge < -0.3 is 10.4 Å². The molecule has 3 unspecified atom stereocenters. The van der Waals surface area contributed by atoms with Crippen molar-refractivity contribution in [2.45, 2.75) is 52.0 Å². The second-order valence-corrected chi connectivity index (χ2v) is 5.88. The molecule has 106 valence electrons. The van der Waals surface area contributed by atoms with Gasteiger partial charge in [0.15, 0.2) is 0 Å². The predicted molar refractivity (Wildman–Crippen MR) is 80.4 cm³/mol. The Hall–Kier alpha value is -1.02. The fraction of sp³-hybridized carbons (Fsp3) is 0.647. The molecule has 1 aromatic carbocycles. The second-order valence-electron chi connectivity index (χ2n) is 5.88. The van der Waals surface area contributed by atoms with Crippen LogP contribution in [0.3, 0.4) is 0 Å². The maximum absolute atomic E-state index is 9.36. The highest BCUT2D eigenvalue weighted by Gasteiger charge is 2.29. The van der Waals surface area contributed by atoms with E-state index in [0.717, 1.165) is 24.8 Å². The van der Waals surface area contributed by atoms with Crippen molar-refractivity contribution in [2.24, 2.45) is 11.8 Å². The quantitative estimate of drug-likeness (QED) is 0.817. The van der Waals surface area contributed by atoms with Crippen molar-refractivity contribution < 1.29 is 5.11 Å². The first-order chi connectivity index (χ1) is 9.22. The van der Waals surface area contributed by atoms with E-state index < -0.39 is 0 Å². The number of aromatic hydroxyl groups is 1. The average molecular weight is 261 g/mol. The third kappa shape index (κ3) is 3.97. The Morgan fingerprint density at radius 2 is 1.95 bits per heavy atom. The molecular formula is C17H27NO. The smallest absolute Gasteiger partial charge is 0.115 e. The molecular weight excluding hydrogens is 234 g/mol. The van der Waals surface area contributed by atoms with Gasteiger partial charge in [-0.2, -0.15) is 0 Å². The lowest BCUT2D eigenvalue weighted by Gasteiger charge is -2.25. The Morgan fingerprint density at radius 3 is 2.53 bits per heavy atom. The molecule has 2 heteroatoms. The van der Waals surface area contributed by atoms with Crippen LogP contribution in [0.2, 0.25) is 0 Å². The Balaban J connectivity index is 1.98. The van der Waals surface area contributed by atoms with Crippen molar-refractivity contribution >= 4 is 0 Å².